The monoisotopic (exact) mass is 409 g/mol. The van der Waals surface area contributed by atoms with Gasteiger partial charge in [-0.2, -0.15) is 0 Å². The molecule has 6 nitrogen and oxygen atoms in total. The van der Waals surface area contributed by atoms with Crippen molar-refractivity contribution in [2.75, 3.05) is 18.2 Å². The van der Waals surface area contributed by atoms with E-state index >= 15 is 0 Å². The second-order valence-electron chi connectivity index (χ2n) is 5.52. The van der Waals surface area contributed by atoms with Gasteiger partial charge in [-0.3, -0.25) is 14.2 Å². The van der Waals surface area contributed by atoms with Crippen LogP contribution in [0.25, 0.3) is 10.2 Å². The van der Waals surface area contributed by atoms with Crippen LogP contribution >= 0.6 is 34.7 Å². The van der Waals surface area contributed by atoms with Crippen LogP contribution < -0.4 is 15.6 Å². The number of nitrogens with zero attached hydrogens (tertiary/aromatic N) is 2. The van der Waals surface area contributed by atoms with Gasteiger partial charge in [0.05, 0.1) is 23.9 Å². The second-order valence-corrected chi connectivity index (χ2v) is 8.13. The fraction of sp³-hybridized carbons (Fsp3) is 0.235. The van der Waals surface area contributed by atoms with Gasteiger partial charge in [0.2, 0.25) is 5.91 Å². The SMILES string of the molecule is COc1ccc(Cl)cc1NC(=O)CSc1nc2sc(C)cc2c(=O)n1C. The van der Waals surface area contributed by atoms with E-state index in [9.17, 15) is 9.59 Å². The van der Waals surface area contributed by atoms with Crippen molar-refractivity contribution in [2.24, 2.45) is 7.05 Å². The Labute approximate surface area is 163 Å². The van der Waals surface area contributed by atoms with Gasteiger partial charge in [-0.15, -0.1) is 11.3 Å². The summed E-state index contributed by atoms with van der Waals surface area (Å²) in [6, 6.07) is 6.82. The molecule has 0 radical (unpaired) electrons. The van der Waals surface area contributed by atoms with E-state index in [1.54, 1.807) is 25.2 Å². The van der Waals surface area contributed by atoms with Gasteiger partial charge >= 0.3 is 0 Å². The molecule has 26 heavy (non-hydrogen) atoms. The maximum absolute atomic E-state index is 12.4. The minimum atomic E-state index is -0.243. The first kappa shape index (κ1) is 18.8. The van der Waals surface area contributed by atoms with Crippen molar-refractivity contribution >= 4 is 56.5 Å². The lowest BCUT2D eigenvalue weighted by molar-refractivity contribution is -0.113. The molecule has 0 saturated carbocycles. The van der Waals surface area contributed by atoms with Crippen molar-refractivity contribution < 1.29 is 9.53 Å². The maximum Gasteiger partial charge on any atom is 0.262 e. The largest absolute Gasteiger partial charge is 0.495 e. The Hall–Kier alpha value is -2.03. The molecule has 0 atom stereocenters. The number of thiophene rings is 1. The maximum atomic E-state index is 12.4. The van der Waals surface area contributed by atoms with Gasteiger partial charge in [-0.05, 0) is 31.2 Å². The Morgan fingerprint density at radius 2 is 2.19 bits per heavy atom. The van der Waals surface area contributed by atoms with Crippen molar-refractivity contribution in [3.05, 3.63) is 44.5 Å². The number of fused-ring (bicyclic) bond motifs is 1. The molecule has 1 aromatic carbocycles. The summed E-state index contributed by atoms with van der Waals surface area (Å²) in [6.45, 7) is 1.93. The smallest absolute Gasteiger partial charge is 0.262 e. The van der Waals surface area contributed by atoms with E-state index in [2.05, 4.69) is 10.3 Å². The number of hydrogen-bond donors (Lipinski definition) is 1. The number of hydrogen-bond acceptors (Lipinski definition) is 6. The van der Waals surface area contributed by atoms with E-state index in [4.69, 9.17) is 16.3 Å². The van der Waals surface area contributed by atoms with Crippen LogP contribution in [0.1, 0.15) is 4.88 Å². The van der Waals surface area contributed by atoms with Gasteiger partial charge in [-0.1, -0.05) is 23.4 Å². The molecular formula is C17H16ClN3O3S2. The van der Waals surface area contributed by atoms with Gasteiger partial charge in [0.15, 0.2) is 5.16 Å². The number of aromatic nitrogens is 2. The van der Waals surface area contributed by atoms with Gasteiger partial charge < -0.3 is 10.1 Å². The average molecular weight is 410 g/mol. The summed E-state index contributed by atoms with van der Waals surface area (Å²) < 4.78 is 6.68. The molecule has 0 aliphatic rings. The van der Waals surface area contributed by atoms with Crippen molar-refractivity contribution in [1.29, 1.82) is 0 Å². The molecule has 1 N–H and O–H groups in total. The minimum Gasteiger partial charge on any atom is -0.495 e. The highest BCUT2D eigenvalue weighted by Crippen LogP contribution is 2.28. The molecular weight excluding hydrogens is 394 g/mol. The fourth-order valence-electron chi connectivity index (χ4n) is 2.39. The van der Waals surface area contributed by atoms with Crippen molar-refractivity contribution in [2.45, 2.75) is 12.1 Å². The van der Waals surface area contributed by atoms with Gasteiger partial charge in [-0.25, -0.2) is 4.98 Å². The summed E-state index contributed by atoms with van der Waals surface area (Å²) >= 11 is 8.63. The zero-order valence-corrected chi connectivity index (χ0v) is 16.7. The molecule has 0 aliphatic carbocycles. The van der Waals surface area contributed by atoms with Crippen LogP contribution in [0.2, 0.25) is 5.02 Å². The van der Waals surface area contributed by atoms with Crippen LogP contribution in [0.15, 0.2) is 34.2 Å². The molecule has 0 fully saturated rings. The molecule has 0 bridgehead atoms. The molecule has 9 heteroatoms. The summed E-state index contributed by atoms with van der Waals surface area (Å²) in [4.78, 5) is 30.9. The molecule has 3 rings (SSSR count). The first-order valence-electron chi connectivity index (χ1n) is 7.62. The number of ether oxygens (including phenoxy) is 1. The zero-order chi connectivity index (χ0) is 18.8. The summed E-state index contributed by atoms with van der Waals surface area (Å²) in [7, 11) is 3.17. The summed E-state index contributed by atoms with van der Waals surface area (Å²) in [5, 5.41) is 4.36. The van der Waals surface area contributed by atoms with Gasteiger partial charge in [0, 0.05) is 16.9 Å². The third kappa shape index (κ3) is 3.87. The van der Waals surface area contributed by atoms with E-state index in [0.29, 0.717) is 31.8 Å². The molecule has 1 amide bonds. The number of carbonyl (C=O) groups is 1. The van der Waals surface area contributed by atoms with Crippen LogP contribution in [0.4, 0.5) is 5.69 Å². The highest BCUT2D eigenvalue weighted by Gasteiger charge is 2.14. The van der Waals surface area contributed by atoms with Crippen LogP contribution in [0.5, 0.6) is 5.75 Å². The lowest BCUT2D eigenvalue weighted by Gasteiger charge is -2.11. The Balaban J connectivity index is 1.76. The van der Waals surface area contributed by atoms with E-state index in [1.165, 1.54) is 34.8 Å². The predicted molar refractivity (Wildman–Crippen MR) is 107 cm³/mol. The molecule has 2 heterocycles. The highest BCUT2D eigenvalue weighted by atomic mass is 35.5. The Bertz CT molecular complexity index is 1050. The van der Waals surface area contributed by atoms with E-state index < -0.39 is 0 Å². The Kier molecular flexibility index (Phi) is 5.55. The molecule has 3 aromatic rings. The number of rotatable bonds is 5. The molecule has 0 saturated heterocycles. The number of halogens is 1. The van der Waals surface area contributed by atoms with Crippen molar-refractivity contribution in [3.8, 4) is 5.75 Å². The number of nitrogens with one attached hydrogen (secondary N) is 1. The van der Waals surface area contributed by atoms with Gasteiger partial charge in [0.25, 0.3) is 5.56 Å². The average Bonchev–Trinajstić information content (AvgIpc) is 2.97. The lowest BCUT2D eigenvalue weighted by atomic mass is 10.3. The molecule has 2 aromatic heterocycles. The predicted octanol–water partition coefficient (Wildman–Crippen LogP) is 3.70. The normalized spacial score (nSPS) is 10.9. The minimum absolute atomic E-state index is 0.103. The third-order valence-electron chi connectivity index (χ3n) is 3.62. The van der Waals surface area contributed by atoms with Crippen LogP contribution in [-0.2, 0) is 11.8 Å². The van der Waals surface area contributed by atoms with E-state index in [0.717, 1.165) is 4.88 Å². The number of anilines is 1. The Morgan fingerprint density at radius 3 is 2.92 bits per heavy atom. The van der Waals surface area contributed by atoms with E-state index in [-0.39, 0.29) is 17.2 Å². The quantitative estimate of drug-likeness (QED) is 0.513. The number of methoxy groups -OCH3 is 1. The lowest BCUT2D eigenvalue weighted by Crippen LogP contribution is -2.21. The zero-order valence-electron chi connectivity index (χ0n) is 14.3. The number of carbonyl (C=O) groups excluding carboxylic acids is 1. The van der Waals surface area contributed by atoms with Crippen molar-refractivity contribution in [3.63, 3.8) is 0 Å². The number of thioether (sulfide) groups is 1. The van der Waals surface area contributed by atoms with Crippen LogP contribution in [0, 0.1) is 6.92 Å². The number of benzene rings is 1. The number of amides is 1. The molecule has 0 spiro atoms. The molecule has 0 unspecified atom stereocenters. The first-order valence-corrected chi connectivity index (χ1v) is 9.80. The first-order chi connectivity index (χ1) is 12.4. The topological polar surface area (TPSA) is 73.2 Å². The molecule has 136 valence electrons. The highest BCUT2D eigenvalue weighted by molar-refractivity contribution is 7.99. The summed E-state index contributed by atoms with van der Waals surface area (Å²) in [5.41, 5.74) is 0.385. The number of aryl methyl sites for hydroxylation is 1. The Morgan fingerprint density at radius 1 is 1.42 bits per heavy atom. The standard InChI is InChI=1S/C17H16ClN3O3S2/c1-9-6-11-15(26-9)20-17(21(2)16(11)23)25-8-14(22)19-12-7-10(18)4-5-13(12)24-3/h4-7H,8H2,1-3H3,(H,19,22). The van der Waals surface area contributed by atoms with Gasteiger partial charge in [0.1, 0.15) is 10.6 Å². The van der Waals surface area contributed by atoms with Crippen molar-refractivity contribution in [1.82, 2.24) is 9.55 Å². The summed E-state index contributed by atoms with van der Waals surface area (Å²) in [6.07, 6.45) is 0. The fourth-order valence-corrected chi connectivity index (χ4v) is 4.26. The van der Waals surface area contributed by atoms with Crippen LogP contribution in [-0.4, -0.2) is 28.3 Å². The third-order valence-corrected chi connectivity index (χ3v) is 5.83. The van der Waals surface area contributed by atoms with E-state index in [1.807, 2.05) is 13.0 Å². The summed E-state index contributed by atoms with van der Waals surface area (Å²) in [5.74, 6) is 0.382. The molecule has 0 aliphatic heterocycles. The second kappa shape index (κ2) is 7.69. The van der Waals surface area contributed by atoms with Crippen LogP contribution in [0.3, 0.4) is 0 Å².